The highest BCUT2D eigenvalue weighted by molar-refractivity contribution is 5.77. The van der Waals surface area contributed by atoms with Crippen molar-refractivity contribution in [1.82, 2.24) is 19.7 Å². The summed E-state index contributed by atoms with van der Waals surface area (Å²) < 4.78 is 39.7. The van der Waals surface area contributed by atoms with Crippen LogP contribution in [0.2, 0.25) is 0 Å². The average Bonchev–Trinajstić information content (AvgIpc) is 2.92. The lowest BCUT2D eigenvalue weighted by molar-refractivity contribution is -0.137. The zero-order valence-electron chi connectivity index (χ0n) is 14.1. The molecule has 0 aliphatic heterocycles. The van der Waals surface area contributed by atoms with Gasteiger partial charge in [0.2, 0.25) is 0 Å². The van der Waals surface area contributed by atoms with Crippen LogP contribution >= 0.6 is 0 Å². The number of alkyl halides is 3. The molecular formula is C17H17F3N4O2. The second-order valence-electron chi connectivity index (χ2n) is 6.01. The normalized spacial score (nSPS) is 13.3. The highest BCUT2D eigenvalue weighted by Gasteiger charge is 2.30. The van der Waals surface area contributed by atoms with Crippen molar-refractivity contribution in [3.8, 4) is 0 Å². The fourth-order valence-corrected chi connectivity index (χ4v) is 2.87. The first-order chi connectivity index (χ1) is 12.2. The van der Waals surface area contributed by atoms with E-state index in [4.69, 9.17) is 0 Å². The Balaban J connectivity index is 2.11. The Kier molecular flexibility index (Phi) is 4.57. The molecule has 3 aromatic rings. The number of aliphatic hydroxyl groups is 1. The summed E-state index contributed by atoms with van der Waals surface area (Å²) in [4.78, 5) is 19.2. The van der Waals surface area contributed by atoms with Crippen LogP contribution in [-0.4, -0.2) is 31.5 Å². The topological polar surface area (TPSA) is 83.8 Å². The van der Waals surface area contributed by atoms with Gasteiger partial charge in [0.15, 0.2) is 5.65 Å². The van der Waals surface area contributed by atoms with Gasteiger partial charge in [0.25, 0.3) is 5.56 Å². The van der Waals surface area contributed by atoms with E-state index in [-0.39, 0.29) is 24.0 Å². The van der Waals surface area contributed by atoms with Gasteiger partial charge in [-0.05, 0) is 31.5 Å². The number of benzene rings is 1. The highest BCUT2D eigenvalue weighted by atomic mass is 19.4. The van der Waals surface area contributed by atoms with E-state index in [0.29, 0.717) is 22.7 Å². The van der Waals surface area contributed by atoms with E-state index < -0.39 is 17.8 Å². The minimum atomic E-state index is -4.40. The van der Waals surface area contributed by atoms with Crippen LogP contribution in [0.15, 0.2) is 29.1 Å². The molecule has 0 fully saturated rings. The first-order valence-electron chi connectivity index (χ1n) is 7.98. The van der Waals surface area contributed by atoms with Gasteiger partial charge in [0, 0.05) is 13.0 Å². The molecule has 0 saturated carbocycles. The second-order valence-corrected chi connectivity index (χ2v) is 6.01. The number of nitrogens with zero attached hydrogens (tertiary/aromatic N) is 3. The van der Waals surface area contributed by atoms with E-state index >= 15 is 0 Å². The van der Waals surface area contributed by atoms with Gasteiger partial charge < -0.3 is 10.1 Å². The fourth-order valence-electron chi connectivity index (χ4n) is 2.87. The predicted octanol–water partition coefficient (Wildman–Crippen LogP) is 2.59. The quantitative estimate of drug-likeness (QED) is 0.743. The molecule has 9 heteroatoms. The third-order valence-electron chi connectivity index (χ3n) is 4.19. The SMILES string of the molecule is Cc1nc2c(c(CCO)nn2[C@H](C)c2ccc(C(F)(F)F)cc2)c(=O)[nH]1. The number of aliphatic hydroxyl groups excluding tert-OH is 1. The minimum absolute atomic E-state index is 0.178. The van der Waals surface area contributed by atoms with Crippen LogP contribution in [0.4, 0.5) is 13.2 Å². The van der Waals surface area contributed by atoms with Crippen LogP contribution < -0.4 is 5.56 Å². The van der Waals surface area contributed by atoms with Crippen molar-refractivity contribution in [3.05, 3.63) is 57.3 Å². The Morgan fingerprint density at radius 3 is 2.50 bits per heavy atom. The van der Waals surface area contributed by atoms with Gasteiger partial charge in [0.05, 0.1) is 17.3 Å². The van der Waals surface area contributed by atoms with E-state index in [2.05, 4.69) is 15.1 Å². The summed E-state index contributed by atoms with van der Waals surface area (Å²) in [6.45, 7) is 3.21. The lowest BCUT2D eigenvalue weighted by Crippen LogP contribution is -2.13. The molecule has 0 spiro atoms. The summed E-state index contributed by atoms with van der Waals surface area (Å²) in [6.07, 6.45) is -4.22. The Labute approximate surface area is 146 Å². The molecule has 138 valence electrons. The molecule has 3 rings (SSSR count). The van der Waals surface area contributed by atoms with Crippen molar-refractivity contribution >= 4 is 11.0 Å². The van der Waals surface area contributed by atoms with Crippen LogP contribution in [0.3, 0.4) is 0 Å². The van der Waals surface area contributed by atoms with Gasteiger partial charge in [-0.25, -0.2) is 9.67 Å². The average molecular weight is 366 g/mol. The van der Waals surface area contributed by atoms with E-state index in [0.717, 1.165) is 12.1 Å². The smallest absolute Gasteiger partial charge is 0.396 e. The molecule has 2 aromatic heterocycles. The highest BCUT2D eigenvalue weighted by Crippen LogP contribution is 2.31. The molecule has 0 unspecified atom stereocenters. The number of aryl methyl sites for hydroxylation is 1. The molecule has 0 aliphatic rings. The van der Waals surface area contributed by atoms with Crippen LogP contribution in [0.1, 0.15) is 35.6 Å². The van der Waals surface area contributed by atoms with Crippen LogP contribution in [0.5, 0.6) is 0 Å². The van der Waals surface area contributed by atoms with Crippen LogP contribution in [0.25, 0.3) is 11.0 Å². The summed E-state index contributed by atoms with van der Waals surface area (Å²) in [5.41, 5.74) is 0.238. The molecule has 1 atom stereocenters. The van der Waals surface area contributed by atoms with E-state index in [1.807, 2.05) is 0 Å². The number of halogens is 3. The predicted molar refractivity (Wildman–Crippen MR) is 88.9 cm³/mol. The second kappa shape index (κ2) is 6.56. The number of nitrogens with one attached hydrogen (secondary N) is 1. The molecule has 2 N–H and O–H groups in total. The van der Waals surface area contributed by atoms with E-state index in [9.17, 15) is 23.1 Å². The summed E-state index contributed by atoms with van der Waals surface area (Å²) in [6, 6.07) is 4.34. The maximum absolute atomic E-state index is 12.7. The van der Waals surface area contributed by atoms with Crippen molar-refractivity contribution in [1.29, 1.82) is 0 Å². The minimum Gasteiger partial charge on any atom is -0.396 e. The van der Waals surface area contributed by atoms with Crippen LogP contribution in [-0.2, 0) is 12.6 Å². The Morgan fingerprint density at radius 2 is 1.92 bits per heavy atom. The van der Waals surface area contributed by atoms with E-state index in [1.54, 1.807) is 13.8 Å². The molecule has 0 radical (unpaired) electrons. The largest absolute Gasteiger partial charge is 0.416 e. The molecule has 6 nitrogen and oxygen atoms in total. The fraction of sp³-hybridized carbons (Fsp3) is 0.353. The van der Waals surface area contributed by atoms with Gasteiger partial charge in [-0.2, -0.15) is 18.3 Å². The monoisotopic (exact) mass is 366 g/mol. The Hall–Kier alpha value is -2.68. The van der Waals surface area contributed by atoms with Crippen molar-refractivity contribution in [2.24, 2.45) is 0 Å². The first kappa shape index (κ1) is 18.1. The summed E-state index contributed by atoms with van der Waals surface area (Å²) in [5, 5.41) is 13.9. The molecule has 2 heterocycles. The summed E-state index contributed by atoms with van der Waals surface area (Å²) in [5.74, 6) is 0.402. The zero-order valence-corrected chi connectivity index (χ0v) is 14.1. The number of aromatic nitrogens is 4. The lowest BCUT2D eigenvalue weighted by atomic mass is 10.1. The third-order valence-corrected chi connectivity index (χ3v) is 4.19. The number of hydrogen-bond acceptors (Lipinski definition) is 4. The van der Waals surface area contributed by atoms with Crippen molar-refractivity contribution in [2.75, 3.05) is 6.61 Å². The number of fused-ring (bicyclic) bond motifs is 1. The van der Waals surface area contributed by atoms with Crippen molar-refractivity contribution < 1.29 is 18.3 Å². The summed E-state index contributed by atoms with van der Waals surface area (Å²) >= 11 is 0. The van der Waals surface area contributed by atoms with Gasteiger partial charge in [-0.1, -0.05) is 12.1 Å². The summed E-state index contributed by atoms with van der Waals surface area (Å²) in [7, 11) is 0. The maximum Gasteiger partial charge on any atom is 0.416 e. The van der Waals surface area contributed by atoms with Gasteiger partial charge in [0.1, 0.15) is 11.2 Å². The number of aromatic amines is 1. The van der Waals surface area contributed by atoms with Crippen LogP contribution in [0, 0.1) is 6.92 Å². The maximum atomic E-state index is 12.7. The number of hydrogen-bond donors (Lipinski definition) is 2. The molecule has 0 bridgehead atoms. The molecular weight excluding hydrogens is 349 g/mol. The van der Waals surface area contributed by atoms with Gasteiger partial charge in [-0.15, -0.1) is 0 Å². The molecule has 26 heavy (non-hydrogen) atoms. The Bertz CT molecular complexity index is 990. The van der Waals surface area contributed by atoms with Gasteiger partial charge in [-0.3, -0.25) is 4.79 Å². The standard InChI is InChI=1S/C17H17F3N4O2/c1-9(11-3-5-12(6-4-11)17(18,19)20)24-15-14(13(23-24)7-8-25)16(26)22-10(2)21-15/h3-6,9,25H,7-8H2,1-2H3,(H,21,22,26)/t9-/m1/s1. The molecule has 1 aromatic carbocycles. The number of rotatable bonds is 4. The van der Waals surface area contributed by atoms with Crippen molar-refractivity contribution in [3.63, 3.8) is 0 Å². The molecule has 0 saturated heterocycles. The molecule has 0 amide bonds. The lowest BCUT2D eigenvalue weighted by Gasteiger charge is -2.15. The zero-order chi connectivity index (χ0) is 19.1. The Morgan fingerprint density at radius 1 is 1.27 bits per heavy atom. The van der Waals surface area contributed by atoms with Gasteiger partial charge >= 0.3 is 6.18 Å². The molecule has 0 aliphatic carbocycles. The van der Waals surface area contributed by atoms with E-state index in [1.165, 1.54) is 16.8 Å². The van der Waals surface area contributed by atoms with Crippen molar-refractivity contribution in [2.45, 2.75) is 32.5 Å². The third kappa shape index (κ3) is 3.22. The first-order valence-corrected chi connectivity index (χ1v) is 7.98. The number of H-pyrrole nitrogens is 1.